The number of nitrogens with one attached hydrogen (secondary N) is 1. The first-order valence-electron chi connectivity index (χ1n) is 6.09. The predicted octanol–water partition coefficient (Wildman–Crippen LogP) is 3.45. The molecule has 0 saturated carbocycles. The lowest BCUT2D eigenvalue weighted by atomic mass is 10.2. The maximum atomic E-state index is 13.4. The van der Waals surface area contributed by atoms with E-state index < -0.39 is 0 Å². The number of nitrogen functional groups attached to an aromatic ring is 1. The van der Waals surface area contributed by atoms with Gasteiger partial charge in [0.2, 0.25) is 5.91 Å². The summed E-state index contributed by atoms with van der Waals surface area (Å²) in [6.07, 6.45) is 0. The zero-order valence-corrected chi connectivity index (χ0v) is 11.8. The summed E-state index contributed by atoms with van der Waals surface area (Å²) >= 11 is 1.16. The van der Waals surface area contributed by atoms with E-state index >= 15 is 0 Å². The molecule has 0 spiro atoms. The van der Waals surface area contributed by atoms with Crippen LogP contribution >= 0.6 is 11.8 Å². The van der Waals surface area contributed by atoms with Gasteiger partial charge in [0.15, 0.2) is 0 Å². The predicted molar refractivity (Wildman–Crippen MR) is 81.3 cm³/mol. The first-order valence-corrected chi connectivity index (χ1v) is 7.08. The van der Waals surface area contributed by atoms with Gasteiger partial charge in [-0.25, -0.2) is 4.39 Å². The Morgan fingerprint density at radius 1 is 1.30 bits per heavy atom. The van der Waals surface area contributed by atoms with Gasteiger partial charge in [-0.3, -0.25) is 4.79 Å². The first-order chi connectivity index (χ1) is 9.56. The monoisotopic (exact) mass is 290 g/mol. The Labute approximate surface area is 121 Å². The van der Waals surface area contributed by atoms with Crippen LogP contribution in [0.5, 0.6) is 0 Å². The number of halogens is 1. The zero-order chi connectivity index (χ0) is 14.5. The molecule has 0 fully saturated rings. The van der Waals surface area contributed by atoms with Gasteiger partial charge in [-0.1, -0.05) is 18.2 Å². The van der Waals surface area contributed by atoms with Gasteiger partial charge in [0.1, 0.15) is 5.82 Å². The number of amides is 1. The van der Waals surface area contributed by atoms with E-state index in [0.29, 0.717) is 16.3 Å². The maximum Gasteiger partial charge on any atom is 0.234 e. The number of thioether (sulfide) groups is 1. The van der Waals surface area contributed by atoms with Crippen LogP contribution in [0.1, 0.15) is 5.56 Å². The quantitative estimate of drug-likeness (QED) is 0.670. The lowest BCUT2D eigenvalue weighted by molar-refractivity contribution is -0.113. The van der Waals surface area contributed by atoms with Gasteiger partial charge in [-0.2, -0.15) is 0 Å². The summed E-state index contributed by atoms with van der Waals surface area (Å²) < 4.78 is 13.4. The number of hydrogen-bond acceptors (Lipinski definition) is 3. The molecule has 0 aliphatic carbocycles. The summed E-state index contributed by atoms with van der Waals surface area (Å²) in [7, 11) is 0. The average molecular weight is 290 g/mol. The fraction of sp³-hybridized carbons (Fsp3) is 0.133. The molecule has 0 atom stereocenters. The SMILES string of the molecule is Cc1ccc(NC(=O)CSc2ccccc2F)c(N)c1. The number of carbonyl (C=O) groups excluding carboxylic acids is 1. The van der Waals surface area contributed by atoms with Crippen molar-refractivity contribution < 1.29 is 9.18 Å². The van der Waals surface area contributed by atoms with Crippen molar-refractivity contribution in [2.24, 2.45) is 0 Å². The number of aryl methyl sites for hydroxylation is 1. The Hall–Kier alpha value is -2.01. The molecule has 0 aliphatic heterocycles. The van der Waals surface area contributed by atoms with Gasteiger partial charge in [0.25, 0.3) is 0 Å². The van der Waals surface area contributed by atoms with Crippen LogP contribution < -0.4 is 11.1 Å². The van der Waals surface area contributed by atoms with E-state index in [9.17, 15) is 9.18 Å². The molecule has 3 nitrogen and oxygen atoms in total. The molecule has 0 heterocycles. The minimum atomic E-state index is -0.319. The third-order valence-corrected chi connectivity index (χ3v) is 3.73. The van der Waals surface area contributed by atoms with Crippen molar-refractivity contribution in [1.82, 2.24) is 0 Å². The Kier molecular flexibility index (Phi) is 4.63. The van der Waals surface area contributed by atoms with Crippen molar-refractivity contribution in [3.05, 3.63) is 53.8 Å². The fourth-order valence-electron chi connectivity index (χ4n) is 1.69. The highest BCUT2D eigenvalue weighted by molar-refractivity contribution is 8.00. The van der Waals surface area contributed by atoms with Crippen LogP contribution in [-0.4, -0.2) is 11.7 Å². The fourth-order valence-corrected chi connectivity index (χ4v) is 2.43. The van der Waals surface area contributed by atoms with Gasteiger partial charge in [0, 0.05) is 4.90 Å². The maximum absolute atomic E-state index is 13.4. The molecule has 0 aromatic heterocycles. The summed E-state index contributed by atoms with van der Waals surface area (Å²) in [6, 6.07) is 11.8. The van der Waals surface area contributed by atoms with Crippen LogP contribution in [0.2, 0.25) is 0 Å². The van der Waals surface area contributed by atoms with Crippen molar-refractivity contribution in [1.29, 1.82) is 0 Å². The summed E-state index contributed by atoms with van der Waals surface area (Å²) in [5.41, 5.74) is 7.95. The molecule has 5 heteroatoms. The summed E-state index contributed by atoms with van der Waals surface area (Å²) in [5.74, 6) is -0.400. The number of rotatable bonds is 4. The standard InChI is InChI=1S/C15H15FN2OS/c1-10-6-7-13(12(17)8-10)18-15(19)9-20-14-5-3-2-4-11(14)16/h2-8H,9,17H2,1H3,(H,18,19). The number of hydrogen-bond donors (Lipinski definition) is 2. The van der Waals surface area contributed by atoms with E-state index in [0.717, 1.165) is 17.3 Å². The molecule has 0 bridgehead atoms. The largest absolute Gasteiger partial charge is 0.397 e. The van der Waals surface area contributed by atoms with Crippen molar-refractivity contribution in [3.63, 3.8) is 0 Å². The molecule has 0 aliphatic rings. The minimum Gasteiger partial charge on any atom is -0.397 e. The van der Waals surface area contributed by atoms with Crippen molar-refractivity contribution >= 4 is 29.0 Å². The minimum absolute atomic E-state index is 0.133. The third kappa shape index (κ3) is 3.74. The van der Waals surface area contributed by atoms with Crippen molar-refractivity contribution in [2.45, 2.75) is 11.8 Å². The van der Waals surface area contributed by atoms with Gasteiger partial charge in [0.05, 0.1) is 17.1 Å². The van der Waals surface area contributed by atoms with E-state index in [1.54, 1.807) is 30.3 Å². The Balaban J connectivity index is 1.94. The van der Waals surface area contributed by atoms with E-state index in [4.69, 9.17) is 5.73 Å². The molecule has 0 radical (unpaired) electrons. The second-order valence-corrected chi connectivity index (χ2v) is 5.38. The van der Waals surface area contributed by atoms with Gasteiger partial charge in [-0.15, -0.1) is 11.8 Å². The molecule has 2 aromatic carbocycles. The number of benzene rings is 2. The summed E-state index contributed by atoms with van der Waals surface area (Å²) in [5, 5.41) is 2.72. The number of anilines is 2. The lowest BCUT2D eigenvalue weighted by Gasteiger charge is -2.09. The van der Waals surface area contributed by atoms with Crippen LogP contribution in [0.15, 0.2) is 47.4 Å². The molecule has 0 saturated heterocycles. The van der Waals surface area contributed by atoms with Crippen LogP contribution in [0.3, 0.4) is 0 Å². The van der Waals surface area contributed by atoms with Crippen LogP contribution in [0, 0.1) is 12.7 Å². The topological polar surface area (TPSA) is 55.1 Å². The molecule has 20 heavy (non-hydrogen) atoms. The summed E-state index contributed by atoms with van der Waals surface area (Å²) in [4.78, 5) is 12.3. The second-order valence-electron chi connectivity index (χ2n) is 4.36. The molecule has 2 rings (SSSR count). The molecule has 104 valence electrons. The molecule has 3 N–H and O–H groups in total. The molecule has 2 aromatic rings. The molecule has 0 unspecified atom stereocenters. The Morgan fingerprint density at radius 3 is 2.75 bits per heavy atom. The smallest absolute Gasteiger partial charge is 0.234 e. The van der Waals surface area contributed by atoms with E-state index in [2.05, 4.69) is 5.32 Å². The van der Waals surface area contributed by atoms with Crippen LogP contribution in [0.4, 0.5) is 15.8 Å². The average Bonchev–Trinajstić information content (AvgIpc) is 2.41. The van der Waals surface area contributed by atoms with E-state index in [-0.39, 0.29) is 17.5 Å². The highest BCUT2D eigenvalue weighted by atomic mass is 32.2. The van der Waals surface area contributed by atoms with Crippen LogP contribution in [0.25, 0.3) is 0 Å². The van der Waals surface area contributed by atoms with Crippen LogP contribution in [-0.2, 0) is 4.79 Å². The lowest BCUT2D eigenvalue weighted by Crippen LogP contribution is -2.15. The number of carbonyl (C=O) groups is 1. The van der Waals surface area contributed by atoms with E-state index in [1.807, 2.05) is 13.0 Å². The summed E-state index contributed by atoms with van der Waals surface area (Å²) in [6.45, 7) is 1.93. The van der Waals surface area contributed by atoms with Gasteiger partial charge >= 0.3 is 0 Å². The van der Waals surface area contributed by atoms with Crippen molar-refractivity contribution in [2.75, 3.05) is 16.8 Å². The normalized spacial score (nSPS) is 10.3. The van der Waals surface area contributed by atoms with Gasteiger partial charge in [-0.05, 0) is 36.8 Å². The van der Waals surface area contributed by atoms with Crippen molar-refractivity contribution in [3.8, 4) is 0 Å². The Bertz CT molecular complexity index is 631. The van der Waals surface area contributed by atoms with Gasteiger partial charge < -0.3 is 11.1 Å². The van der Waals surface area contributed by atoms with E-state index in [1.165, 1.54) is 6.07 Å². The first kappa shape index (κ1) is 14.4. The molecular formula is C15H15FN2OS. The zero-order valence-electron chi connectivity index (χ0n) is 11.0. The molecular weight excluding hydrogens is 275 g/mol. The highest BCUT2D eigenvalue weighted by Gasteiger charge is 2.08. The third-order valence-electron chi connectivity index (χ3n) is 2.68. The Morgan fingerprint density at radius 2 is 2.05 bits per heavy atom. The second kappa shape index (κ2) is 6.43. The number of nitrogens with two attached hydrogens (primary N) is 1. The molecule has 1 amide bonds. The highest BCUT2D eigenvalue weighted by Crippen LogP contribution is 2.23.